The molecule has 0 aromatic carbocycles. The SMILES string of the molecule is CCC1CCCCC1(O)CC=O. The molecule has 1 saturated carbocycles. The van der Waals surface area contributed by atoms with Crippen LogP contribution in [0.3, 0.4) is 0 Å². The van der Waals surface area contributed by atoms with E-state index in [-0.39, 0.29) is 0 Å². The van der Waals surface area contributed by atoms with E-state index in [1.54, 1.807) is 0 Å². The van der Waals surface area contributed by atoms with Crippen molar-refractivity contribution in [1.82, 2.24) is 0 Å². The van der Waals surface area contributed by atoms with Gasteiger partial charge in [0.1, 0.15) is 6.29 Å². The van der Waals surface area contributed by atoms with Crippen LogP contribution in [0.1, 0.15) is 45.4 Å². The summed E-state index contributed by atoms with van der Waals surface area (Å²) in [4.78, 5) is 10.4. The summed E-state index contributed by atoms with van der Waals surface area (Å²) >= 11 is 0. The minimum Gasteiger partial charge on any atom is -0.389 e. The fourth-order valence-corrected chi connectivity index (χ4v) is 2.29. The van der Waals surface area contributed by atoms with Crippen LogP contribution in [0.2, 0.25) is 0 Å². The molecule has 70 valence electrons. The van der Waals surface area contributed by atoms with Crippen molar-refractivity contribution in [3.05, 3.63) is 0 Å². The van der Waals surface area contributed by atoms with Gasteiger partial charge in [-0.05, 0) is 18.8 Å². The number of hydrogen-bond acceptors (Lipinski definition) is 2. The normalized spacial score (nSPS) is 36.3. The van der Waals surface area contributed by atoms with Gasteiger partial charge in [0.15, 0.2) is 0 Å². The molecule has 2 nitrogen and oxygen atoms in total. The Kier molecular flexibility index (Phi) is 3.27. The van der Waals surface area contributed by atoms with Crippen molar-refractivity contribution in [3.63, 3.8) is 0 Å². The summed E-state index contributed by atoms with van der Waals surface area (Å²) in [5, 5.41) is 10.1. The second-order valence-electron chi connectivity index (χ2n) is 3.83. The fourth-order valence-electron chi connectivity index (χ4n) is 2.29. The summed E-state index contributed by atoms with van der Waals surface area (Å²) < 4.78 is 0. The third kappa shape index (κ3) is 1.86. The van der Waals surface area contributed by atoms with Crippen LogP contribution in [-0.2, 0) is 4.79 Å². The van der Waals surface area contributed by atoms with E-state index in [1.807, 2.05) is 0 Å². The Morgan fingerprint density at radius 3 is 2.92 bits per heavy atom. The zero-order valence-electron chi connectivity index (χ0n) is 7.75. The van der Waals surface area contributed by atoms with Gasteiger partial charge in [0, 0.05) is 6.42 Å². The first kappa shape index (κ1) is 9.72. The van der Waals surface area contributed by atoms with Crippen LogP contribution in [0.5, 0.6) is 0 Å². The molecule has 2 heteroatoms. The first-order valence-corrected chi connectivity index (χ1v) is 4.89. The van der Waals surface area contributed by atoms with Crippen LogP contribution in [-0.4, -0.2) is 17.0 Å². The highest BCUT2D eigenvalue weighted by molar-refractivity contribution is 5.51. The lowest BCUT2D eigenvalue weighted by atomic mass is 9.72. The summed E-state index contributed by atoms with van der Waals surface area (Å²) in [5.41, 5.74) is -0.672. The van der Waals surface area contributed by atoms with E-state index in [4.69, 9.17) is 0 Å². The molecule has 2 atom stereocenters. The monoisotopic (exact) mass is 170 g/mol. The molecule has 0 amide bonds. The summed E-state index contributed by atoms with van der Waals surface area (Å²) in [6.07, 6.45) is 6.34. The summed E-state index contributed by atoms with van der Waals surface area (Å²) in [6.45, 7) is 2.09. The van der Waals surface area contributed by atoms with E-state index in [1.165, 1.54) is 6.42 Å². The van der Waals surface area contributed by atoms with Crippen molar-refractivity contribution in [2.45, 2.75) is 51.0 Å². The molecule has 0 radical (unpaired) electrons. The Labute approximate surface area is 74.0 Å². The number of carbonyl (C=O) groups is 1. The topological polar surface area (TPSA) is 37.3 Å². The lowest BCUT2D eigenvalue weighted by Gasteiger charge is -2.38. The van der Waals surface area contributed by atoms with E-state index < -0.39 is 5.60 Å². The van der Waals surface area contributed by atoms with Crippen molar-refractivity contribution in [3.8, 4) is 0 Å². The maximum atomic E-state index is 10.4. The Bertz CT molecular complexity index is 156. The molecular weight excluding hydrogens is 152 g/mol. The van der Waals surface area contributed by atoms with Crippen LogP contribution in [0.15, 0.2) is 0 Å². The fraction of sp³-hybridized carbons (Fsp3) is 0.900. The van der Waals surface area contributed by atoms with Crippen LogP contribution in [0, 0.1) is 5.92 Å². The number of aldehydes is 1. The molecule has 0 aliphatic heterocycles. The summed E-state index contributed by atoms with van der Waals surface area (Å²) in [7, 11) is 0. The molecule has 0 aromatic heterocycles. The zero-order valence-corrected chi connectivity index (χ0v) is 7.75. The van der Waals surface area contributed by atoms with Gasteiger partial charge >= 0.3 is 0 Å². The van der Waals surface area contributed by atoms with Gasteiger partial charge in [0.2, 0.25) is 0 Å². The van der Waals surface area contributed by atoms with Crippen LogP contribution in [0.4, 0.5) is 0 Å². The third-order valence-electron chi connectivity index (χ3n) is 3.10. The Balaban J connectivity index is 2.61. The quantitative estimate of drug-likeness (QED) is 0.657. The van der Waals surface area contributed by atoms with E-state index in [2.05, 4.69) is 6.92 Å². The Morgan fingerprint density at radius 1 is 1.58 bits per heavy atom. The van der Waals surface area contributed by atoms with E-state index >= 15 is 0 Å². The molecule has 12 heavy (non-hydrogen) atoms. The molecule has 2 unspecified atom stereocenters. The molecule has 0 aromatic rings. The number of aliphatic hydroxyl groups is 1. The highest BCUT2D eigenvalue weighted by atomic mass is 16.3. The molecule has 0 saturated heterocycles. The van der Waals surface area contributed by atoms with Crippen LogP contribution in [0.25, 0.3) is 0 Å². The lowest BCUT2D eigenvalue weighted by Crippen LogP contribution is -2.40. The van der Waals surface area contributed by atoms with Crippen molar-refractivity contribution in [2.75, 3.05) is 0 Å². The smallest absolute Gasteiger partial charge is 0.122 e. The van der Waals surface area contributed by atoms with Gasteiger partial charge < -0.3 is 9.90 Å². The van der Waals surface area contributed by atoms with Crippen LogP contribution < -0.4 is 0 Å². The molecule has 1 aliphatic carbocycles. The standard InChI is InChI=1S/C10H18O2/c1-2-9-5-3-4-6-10(9,12)7-8-11/h8-9,12H,2-7H2,1H3. The molecule has 0 heterocycles. The van der Waals surface area contributed by atoms with Gasteiger partial charge in [-0.3, -0.25) is 0 Å². The van der Waals surface area contributed by atoms with Crippen molar-refractivity contribution in [2.24, 2.45) is 5.92 Å². The molecule has 1 aliphatic rings. The maximum Gasteiger partial charge on any atom is 0.122 e. The average molecular weight is 170 g/mol. The molecule has 0 bridgehead atoms. The first-order valence-electron chi connectivity index (χ1n) is 4.89. The minimum absolute atomic E-state index is 0.325. The van der Waals surface area contributed by atoms with Gasteiger partial charge in [-0.25, -0.2) is 0 Å². The number of carbonyl (C=O) groups excluding carboxylic acids is 1. The first-order chi connectivity index (χ1) is 5.73. The van der Waals surface area contributed by atoms with Gasteiger partial charge in [-0.15, -0.1) is 0 Å². The van der Waals surface area contributed by atoms with Crippen molar-refractivity contribution < 1.29 is 9.90 Å². The molecular formula is C10H18O2. The highest BCUT2D eigenvalue weighted by Crippen LogP contribution is 2.37. The van der Waals surface area contributed by atoms with Crippen molar-refractivity contribution in [1.29, 1.82) is 0 Å². The molecule has 0 spiro atoms. The van der Waals surface area contributed by atoms with E-state index in [9.17, 15) is 9.90 Å². The summed E-state index contributed by atoms with van der Waals surface area (Å²) in [5.74, 6) is 0.344. The molecule has 1 fully saturated rings. The van der Waals surface area contributed by atoms with Gasteiger partial charge in [-0.1, -0.05) is 26.2 Å². The van der Waals surface area contributed by atoms with E-state index in [0.717, 1.165) is 32.0 Å². The molecule has 1 N–H and O–H groups in total. The highest BCUT2D eigenvalue weighted by Gasteiger charge is 2.36. The van der Waals surface area contributed by atoms with Crippen molar-refractivity contribution >= 4 is 6.29 Å². The number of hydrogen-bond donors (Lipinski definition) is 1. The Morgan fingerprint density at radius 2 is 2.33 bits per heavy atom. The second kappa shape index (κ2) is 4.04. The van der Waals surface area contributed by atoms with E-state index in [0.29, 0.717) is 12.3 Å². The second-order valence-corrected chi connectivity index (χ2v) is 3.83. The lowest BCUT2D eigenvalue weighted by molar-refractivity contribution is -0.117. The molecule has 1 rings (SSSR count). The predicted molar refractivity (Wildman–Crippen MR) is 47.9 cm³/mol. The minimum atomic E-state index is -0.672. The zero-order chi connectivity index (χ0) is 9.03. The van der Waals surface area contributed by atoms with Crippen LogP contribution >= 0.6 is 0 Å². The van der Waals surface area contributed by atoms with Gasteiger partial charge in [0.05, 0.1) is 5.60 Å². The summed E-state index contributed by atoms with van der Waals surface area (Å²) in [6, 6.07) is 0. The van der Waals surface area contributed by atoms with Gasteiger partial charge in [0.25, 0.3) is 0 Å². The maximum absolute atomic E-state index is 10.4. The van der Waals surface area contributed by atoms with Gasteiger partial charge in [-0.2, -0.15) is 0 Å². The average Bonchev–Trinajstić information content (AvgIpc) is 2.05. The predicted octanol–water partition coefficient (Wildman–Crippen LogP) is 1.91. The third-order valence-corrected chi connectivity index (χ3v) is 3.10. The Hall–Kier alpha value is -0.370. The number of rotatable bonds is 3. The largest absolute Gasteiger partial charge is 0.389 e.